The summed E-state index contributed by atoms with van der Waals surface area (Å²) in [4.78, 5) is 2.42. The molecule has 0 saturated carbocycles. The number of fused-ring (bicyclic) bond motifs is 1. The molecule has 0 aliphatic carbocycles. The van der Waals surface area contributed by atoms with E-state index in [-0.39, 0.29) is 0 Å². The van der Waals surface area contributed by atoms with Crippen molar-refractivity contribution in [1.29, 1.82) is 0 Å². The van der Waals surface area contributed by atoms with Crippen molar-refractivity contribution >= 4 is 27.8 Å². The van der Waals surface area contributed by atoms with Gasteiger partial charge in [0.2, 0.25) is 0 Å². The van der Waals surface area contributed by atoms with E-state index in [9.17, 15) is 0 Å². The van der Waals surface area contributed by atoms with E-state index in [1.807, 2.05) is 0 Å². The summed E-state index contributed by atoms with van der Waals surface area (Å²) in [5, 5.41) is 2.50. The maximum absolute atomic E-state index is 2.42. The Morgan fingerprint density at radius 1 is 0.220 bits per heavy atom. The second-order valence-corrected chi connectivity index (χ2v) is 14.8. The number of rotatable bonds is 9. The van der Waals surface area contributed by atoms with E-state index in [1.54, 1.807) is 0 Å². The highest BCUT2D eigenvalue weighted by molar-refractivity contribution is 5.99. The minimum atomic E-state index is 1.08. The van der Waals surface area contributed by atoms with Crippen LogP contribution in [0.4, 0.5) is 17.1 Å². The minimum Gasteiger partial charge on any atom is -0.310 e. The van der Waals surface area contributed by atoms with Gasteiger partial charge in [-0.15, -0.1) is 0 Å². The Bertz CT molecular complexity index is 3000. The molecule has 0 spiro atoms. The predicted molar refractivity (Wildman–Crippen MR) is 251 cm³/mol. The lowest BCUT2D eigenvalue weighted by molar-refractivity contribution is 1.28. The van der Waals surface area contributed by atoms with Crippen molar-refractivity contribution in [1.82, 2.24) is 0 Å². The molecular weight excluding hydrogens is 711 g/mol. The fourth-order valence-corrected chi connectivity index (χ4v) is 8.53. The van der Waals surface area contributed by atoms with Crippen LogP contribution < -0.4 is 4.90 Å². The van der Waals surface area contributed by atoms with Crippen LogP contribution >= 0.6 is 0 Å². The molecule has 0 aliphatic rings. The van der Waals surface area contributed by atoms with Gasteiger partial charge in [-0.05, 0) is 102 Å². The van der Waals surface area contributed by atoms with Crippen molar-refractivity contribution in [2.24, 2.45) is 0 Å². The van der Waals surface area contributed by atoms with Gasteiger partial charge >= 0.3 is 0 Å². The molecule has 0 fully saturated rings. The average Bonchev–Trinajstić information content (AvgIpc) is 3.33. The summed E-state index contributed by atoms with van der Waals surface area (Å²) in [6.07, 6.45) is 0. The van der Waals surface area contributed by atoms with Crippen molar-refractivity contribution in [2.75, 3.05) is 4.90 Å². The van der Waals surface area contributed by atoms with E-state index in [0.717, 1.165) is 17.1 Å². The van der Waals surface area contributed by atoms with Gasteiger partial charge in [0.1, 0.15) is 0 Å². The standard InChI is InChI=1S/C58H41N/c1-4-18-42(19-5-1)52-27-12-14-29-55(52)56-30-15-13-28-53(56)46-36-40-49(41-37-46)59(48-38-34-45(35-39-48)51-31-16-25-43-22-10-11-26-50(43)51)57-33-17-32-54(44-20-6-2-7-21-44)58(57)47-23-8-3-9-24-47/h1-41H. The van der Waals surface area contributed by atoms with Gasteiger partial charge < -0.3 is 4.90 Å². The second kappa shape index (κ2) is 16.0. The molecule has 0 amide bonds. The molecule has 278 valence electrons. The lowest BCUT2D eigenvalue weighted by Crippen LogP contribution is -2.11. The van der Waals surface area contributed by atoms with Crippen LogP contribution in [0, 0.1) is 0 Å². The average molecular weight is 752 g/mol. The van der Waals surface area contributed by atoms with Crippen LogP contribution in [0.1, 0.15) is 0 Å². The number of benzene rings is 10. The van der Waals surface area contributed by atoms with E-state index >= 15 is 0 Å². The third-order valence-electron chi connectivity index (χ3n) is 11.3. The molecule has 1 heteroatoms. The molecule has 0 atom stereocenters. The maximum Gasteiger partial charge on any atom is 0.0546 e. The summed E-state index contributed by atoms with van der Waals surface area (Å²) in [5.74, 6) is 0. The van der Waals surface area contributed by atoms with E-state index in [0.29, 0.717) is 0 Å². The SMILES string of the molecule is c1ccc(-c2ccccc2-c2ccccc2-c2ccc(N(c3ccc(-c4cccc5ccccc45)cc3)c3cccc(-c4ccccc4)c3-c3ccccc3)cc2)cc1. The Balaban J connectivity index is 1.13. The van der Waals surface area contributed by atoms with Crippen LogP contribution in [0.25, 0.3) is 77.5 Å². The monoisotopic (exact) mass is 751 g/mol. The Morgan fingerprint density at radius 3 is 1.17 bits per heavy atom. The first-order valence-corrected chi connectivity index (χ1v) is 20.3. The van der Waals surface area contributed by atoms with Gasteiger partial charge in [-0.2, -0.15) is 0 Å². The van der Waals surface area contributed by atoms with Gasteiger partial charge in [0, 0.05) is 16.9 Å². The van der Waals surface area contributed by atoms with Crippen LogP contribution in [0.15, 0.2) is 249 Å². The van der Waals surface area contributed by atoms with E-state index in [4.69, 9.17) is 0 Å². The molecule has 10 aromatic rings. The molecule has 0 radical (unpaired) electrons. The number of hydrogen-bond acceptors (Lipinski definition) is 1. The lowest BCUT2D eigenvalue weighted by atomic mass is 9.89. The molecule has 1 nitrogen and oxygen atoms in total. The molecule has 10 rings (SSSR count). The Hall–Kier alpha value is -7.74. The first-order chi connectivity index (χ1) is 29.3. The van der Waals surface area contributed by atoms with Gasteiger partial charge in [-0.25, -0.2) is 0 Å². The van der Waals surface area contributed by atoms with Gasteiger partial charge in [0.15, 0.2) is 0 Å². The van der Waals surface area contributed by atoms with Crippen LogP contribution in [0.5, 0.6) is 0 Å². The molecule has 0 aromatic heterocycles. The molecule has 0 N–H and O–H groups in total. The molecule has 0 heterocycles. The van der Waals surface area contributed by atoms with Crippen LogP contribution in [0.2, 0.25) is 0 Å². The predicted octanol–water partition coefficient (Wildman–Crippen LogP) is 16.3. The van der Waals surface area contributed by atoms with E-state index in [1.165, 1.54) is 77.5 Å². The molecule has 0 bridgehead atoms. The summed E-state index contributed by atoms with van der Waals surface area (Å²) in [7, 11) is 0. The fraction of sp³-hybridized carbons (Fsp3) is 0. The van der Waals surface area contributed by atoms with Gasteiger partial charge in [-0.1, -0.05) is 218 Å². The lowest BCUT2D eigenvalue weighted by Gasteiger charge is -2.29. The maximum atomic E-state index is 2.42. The summed E-state index contributed by atoms with van der Waals surface area (Å²) in [6.45, 7) is 0. The van der Waals surface area contributed by atoms with Crippen LogP contribution in [-0.2, 0) is 0 Å². The minimum absolute atomic E-state index is 1.08. The van der Waals surface area contributed by atoms with Gasteiger partial charge in [-0.3, -0.25) is 0 Å². The van der Waals surface area contributed by atoms with Crippen LogP contribution in [-0.4, -0.2) is 0 Å². The largest absolute Gasteiger partial charge is 0.310 e. The molecule has 0 saturated heterocycles. The highest BCUT2D eigenvalue weighted by Crippen LogP contribution is 2.46. The van der Waals surface area contributed by atoms with Crippen molar-refractivity contribution < 1.29 is 0 Å². The molecule has 0 unspecified atom stereocenters. The molecular formula is C58H41N. The number of hydrogen-bond donors (Lipinski definition) is 0. The van der Waals surface area contributed by atoms with Crippen molar-refractivity contribution in [2.45, 2.75) is 0 Å². The normalized spacial score (nSPS) is 11.1. The zero-order valence-corrected chi connectivity index (χ0v) is 32.6. The van der Waals surface area contributed by atoms with Crippen molar-refractivity contribution in [3.05, 3.63) is 249 Å². The molecule has 10 aromatic carbocycles. The quantitative estimate of drug-likeness (QED) is 0.142. The van der Waals surface area contributed by atoms with E-state index in [2.05, 4.69) is 254 Å². The summed E-state index contributed by atoms with van der Waals surface area (Å²) in [6, 6.07) is 89.8. The number of nitrogens with zero attached hydrogens (tertiary/aromatic N) is 1. The second-order valence-electron chi connectivity index (χ2n) is 14.8. The summed E-state index contributed by atoms with van der Waals surface area (Å²) >= 11 is 0. The van der Waals surface area contributed by atoms with Crippen LogP contribution in [0.3, 0.4) is 0 Å². The summed E-state index contributed by atoms with van der Waals surface area (Å²) < 4.78 is 0. The number of anilines is 3. The Morgan fingerprint density at radius 2 is 0.593 bits per heavy atom. The zero-order valence-electron chi connectivity index (χ0n) is 32.6. The van der Waals surface area contributed by atoms with Gasteiger partial charge in [0.05, 0.1) is 5.69 Å². The first-order valence-electron chi connectivity index (χ1n) is 20.3. The molecule has 0 aliphatic heterocycles. The fourth-order valence-electron chi connectivity index (χ4n) is 8.53. The summed E-state index contributed by atoms with van der Waals surface area (Å²) in [5.41, 5.74) is 17.7. The van der Waals surface area contributed by atoms with Crippen molar-refractivity contribution in [3.8, 4) is 66.8 Å². The van der Waals surface area contributed by atoms with Gasteiger partial charge in [0.25, 0.3) is 0 Å². The van der Waals surface area contributed by atoms with E-state index < -0.39 is 0 Å². The highest BCUT2D eigenvalue weighted by atomic mass is 15.1. The third-order valence-corrected chi connectivity index (χ3v) is 11.3. The molecule has 59 heavy (non-hydrogen) atoms. The Kier molecular flexibility index (Phi) is 9.68. The van der Waals surface area contributed by atoms with Crippen molar-refractivity contribution in [3.63, 3.8) is 0 Å². The third kappa shape index (κ3) is 7.01. The first kappa shape index (κ1) is 35.7. The zero-order chi connectivity index (χ0) is 39.4. The highest BCUT2D eigenvalue weighted by Gasteiger charge is 2.21. The topological polar surface area (TPSA) is 3.24 Å². The Labute approximate surface area is 346 Å². The smallest absolute Gasteiger partial charge is 0.0546 e.